The summed E-state index contributed by atoms with van der Waals surface area (Å²) in [5.41, 5.74) is 0.384. The normalized spacial score (nSPS) is 44.0. The third-order valence-electron chi connectivity index (χ3n) is 4.95. The van der Waals surface area contributed by atoms with Crippen molar-refractivity contribution in [2.75, 3.05) is 7.05 Å². The lowest BCUT2D eigenvalue weighted by atomic mass is 9.57. The van der Waals surface area contributed by atoms with Crippen molar-refractivity contribution < 1.29 is 4.84 Å². The van der Waals surface area contributed by atoms with Crippen LogP contribution in [-0.4, -0.2) is 23.8 Å². The molecule has 0 aromatic heterocycles. The molecule has 2 fully saturated rings. The Morgan fingerprint density at radius 3 is 2.33 bits per heavy atom. The van der Waals surface area contributed by atoms with E-state index in [0.717, 1.165) is 5.92 Å². The average Bonchev–Trinajstić information content (AvgIpc) is 2.30. The monoisotopic (exact) mass is 211 g/mol. The third kappa shape index (κ3) is 1.53. The van der Waals surface area contributed by atoms with Crippen molar-refractivity contribution in [1.82, 2.24) is 5.06 Å². The van der Waals surface area contributed by atoms with Crippen LogP contribution in [0.4, 0.5) is 0 Å². The van der Waals surface area contributed by atoms with Crippen LogP contribution < -0.4 is 0 Å². The first-order chi connectivity index (χ1) is 6.77. The molecule has 0 N–H and O–H groups in total. The zero-order valence-electron chi connectivity index (χ0n) is 11.0. The molecule has 0 aromatic rings. The van der Waals surface area contributed by atoms with E-state index in [9.17, 15) is 0 Å². The second-order valence-corrected chi connectivity index (χ2v) is 6.59. The molecule has 2 aliphatic rings. The molecule has 0 radical (unpaired) electrons. The van der Waals surface area contributed by atoms with Gasteiger partial charge in [-0.05, 0) is 38.0 Å². The molecule has 15 heavy (non-hydrogen) atoms. The minimum absolute atomic E-state index is 0.00238. The first-order valence-electron chi connectivity index (χ1n) is 6.19. The van der Waals surface area contributed by atoms with Crippen LogP contribution in [0, 0.1) is 17.3 Å². The Morgan fingerprint density at radius 2 is 1.73 bits per heavy atom. The number of nitrogens with zero attached hydrogens (tertiary/aromatic N) is 1. The Labute approximate surface area is 93.9 Å². The van der Waals surface area contributed by atoms with Crippen molar-refractivity contribution in [3.8, 4) is 0 Å². The van der Waals surface area contributed by atoms with Gasteiger partial charge in [-0.25, -0.2) is 0 Å². The molecule has 2 nitrogen and oxygen atoms in total. The topological polar surface area (TPSA) is 12.5 Å². The lowest BCUT2D eigenvalue weighted by Crippen LogP contribution is -2.50. The molecule has 0 amide bonds. The van der Waals surface area contributed by atoms with Crippen molar-refractivity contribution in [1.29, 1.82) is 0 Å². The minimum atomic E-state index is -0.00238. The number of rotatable bonds is 0. The van der Waals surface area contributed by atoms with Crippen LogP contribution in [0.1, 0.15) is 47.5 Å². The van der Waals surface area contributed by atoms with Gasteiger partial charge in [-0.3, -0.25) is 4.84 Å². The summed E-state index contributed by atoms with van der Waals surface area (Å²) in [5, 5.41) is 2.11. The lowest BCUT2D eigenvalue weighted by molar-refractivity contribution is -0.180. The second kappa shape index (κ2) is 3.21. The molecule has 1 saturated carbocycles. The summed E-state index contributed by atoms with van der Waals surface area (Å²) in [7, 11) is 2.10. The van der Waals surface area contributed by atoms with Crippen LogP contribution in [0.2, 0.25) is 0 Å². The summed E-state index contributed by atoms with van der Waals surface area (Å²) >= 11 is 0. The zero-order chi connectivity index (χ0) is 11.4. The van der Waals surface area contributed by atoms with Gasteiger partial charge in [0.15, 0.2) is 0 Å². The van der Waals surface area contributed by atoms with Crippen LogP contribution in [0.3, 0.4) is 0 Å². The molecule has 3 unspecified atom stereocenters. The maximum absolute atomic E-state index is 6.01. The molecule has 1 heterocycles. The molecular formula is C13H25NO. The first-order valence-corrected chi connectivity index (χ1v) is 6.19. The Bertz CT molecular complexity index is 259. The fourth-order valence-corrected chi connectivity index (χ4v) is 4.01. The van der Waals surface area contributed by atoms with Gasteiger partial charge < -0.3 is 0 Å². The summed E-state index contributed by atoms with van der Waals surface area (Å²) in [4.78, 5) is 6.01. The highest BCUT2D eigenvalue weighted by Crippen LogP contribution is 2.54. The van der Waals surface area contributed by atoms with E-state index in [-0.39, 0.29) is 5.60 Å². The standard InChI is InChI=1S/C13H25NO/c1-9-7-8-10-11(12(9,2)3)13(4,5)15-14(10)6/h9-11H,7-8H2,1-6H3. The van der Waals surface area contributed by atoms with Crippen LogP contribution in [0.25, 0.3) is 0 Å². The van der Waals surface area contributed by atoms with Gasteiger partial charge >= 0.3 is 0 Å². The van der Waals surface area contributed by atoms with Gasteiger partial charge in [-0.15, -0.1) is 0 Å². The third-order valence-corrected chi connectivity index (χ3v) is 4.95. The molecule has 88 valence electrons. The molecule has 1 aliphatic carbocycles. The van der Waals surface area contributed by atoms with Crippen LogP contribution >= 0.6 is 0 Å². The van der Waals surface area contributed by atoms with E-state index < -0.39 is 0 Å². The maximum atomic E-state index is 6.01. The van der Waals surface area contributed by atoms with Gasteiger partial charge in [0.25, 0.3) is 0 Å². The summed E-state index contributed by atoms with van der Waals surface area (Å²) in [6.45, 7) is 11.7. The van der Waals surface area contributed by atoms with Gasteiger partial charge in [0, 0.05) is 19.0 Å². The SMILES string of the molecule is CC1CCC2C(C(C)(C)ON2C)C1(C)C. The quantitative estimate of drug-likeness (QED) is 0.610. The summed E-state index contributed by atoms with van der Waals surface area (Å²) in [6.07, 6.45) is 2.62. The number of hydrogen-bond donors (Lipinski definition) is 0. The Balaban J connectivity index is 2.35. The van der Waals surface area contributed by atoms with Gasteiger partial charge in [0.2, 0.25) is 0 Å². The van der Waals surface area contributed by atoms with E-state index in [1.807, 2.05) is 0 Å². The smallest absolute Gasteiger partial charge is 0.0892 e. The van der Waals surface area contributed by atoms with E-state index in [0.29, 0.717) is 17.4 Å². The molecule has 2 rings (SSSR count). The highest BCUT2D eigenvalue weighted by Gasteiger charge is 2.57. The number of hydroxylamine groups is 2. The van der Waals surface area contributed by atoms with Crippen molar-refractivity contribution in [2.24, 2.45) is 17.3 Å². The van der Waals surface area contributed by atoms with E-state index in [1.165, 1.54) is 12.8 Å². The molecule has 1 aliphatic heterocycles. The zero-order valence-corrected chi connectivity index (χ0v) is 11.0. The summed E-state index contributed by atoms with van der Waals surface area (Å²) < 4.78 is 0. The fourth-order valence-electron chi connectivity index (χ4n) is 4.01. The molecule has 1 saturated heterocycles. The lowest BCUT2D eigenvalue weighted by Gasteiger charge is -2.48. The molecule has 0 bridgehead atoms. The average molecular weight is 211 g/mol. The van der Waals surface area contributed by atoms with Gasteiger partial charge in [0.1, 0.15) is 0 Å². The van der Waals surface area contributed by atoms with Crippen LogP contribution in [0.5, 0.6) is 0 Å². The second-order valence-electron chi connectivity index (χ2n) is 6.59. The Hall–Kier alpha value is -0.0800. The van der Waals surface area contributed by atoms with Gasteiger partial charge in [-0.2, -0.15) is 5.06 Å². The molecule has 2 heteroatoms. The predicted octanol–water partition coefficient (Wildman–Crippen LogP) is 3.08. The minimum Gasteiger partial charge on any atom is -0.293 e. The highest BCUT2D eigenvalue weighted by atomic mass is 16.7. The Kier molecular flexibility index (Phi) is 2.44. The fraction of sp³-hybridized carbons (Fsp3) is 1.00. The van der Waals surface area contributed by atoms with E-state index in [2.05, 4.69) is 46.7 Å². The van der Waals surface area contributed by atoms with Crippen LogP contribution in [-0.2, 0) is 4.84 Å². The summed E-state index contributed by atoms with van der Waals surface area (Å²) in [6, 6.07) is 0.617. The molecule has 0 spiro atoms. The van der Waals surface area contributed by atoms with Crippen molar-refractivity contribution in [2.45, 2.75) is 59.1 Å². The number of fused-ring (bicyclic) bond motifs is 1. The summed E-state index contributed by atoms with van der Waals surface area (Å²) in [5.74, 6) is 1.45. The molecular weight excluding hydrogens is 186 g/mol. The number of hydrogen-bond acceptors (Lipinski definition) is 2. The highest BCUT2D eigenvalue weighted by molar-refractivity contribution is 5.04. The van der Waals surface area contributed by atoms with Crippen molar-refractivity contribution >= 4 is 0 Å². The van der Waals surface area contributed by atoms with Crippen molar-refractivity contribution in [3.63, 3.8) is 0 Å². The molecule has 0 aromatic carbocycles. The maximum Gasteiger partial charge on any atom is 0.0892 e. The van der Waals surface area contributed by atoms with Crippen LogP contribution in [0.15, 0.2) is 0 Å². The van der Waals surface area contributed by atoms with Crippen molar-refractivity contribution in [3.05, 3.63) is 0 Å². The molecule has 3 atom stereocenters. The van der Waals surface area contributed by atoms with Gasteiger partial charge in [-0.1, -0.05) is 20.8 Å². The van der Waals surface area contributed by atoms with Gasteiger partial charge in [0.05, 0.1) is 5.60 Å². The first kappa shape index (κ1) is 11.4. The van der Waals surface area contributed by atoms with E-state index in [4.69, 9.17) is 4.84 Å². The Morgan fingerprint density at radius 1 is 1.13 bits per heavy atom. The van der Waals surface area contributed by atoms with E-state index in [1.54, 1.807) is 0 Å². The largest absolute Gasteiger partial charge is 0.293 e. The predicted molar refractivity (Wildman–Crippen MR) is 62.4 cm³/mol. The van der Waals surface area contributed by atoms with E-state index >= 15 is 0 Å².